The molecule has 3 aromatic carbocycles. The number of nitrogens with one attached hydrogen (secondary N) is 2. The van der Waals surface area contributed by atoms with Crippen molar-refractivity contribution in [3.63, 3.8) is 0 Å². The van der Waals surface area contributed by atoms with E-state index in [2.05, 4.69) is 34.9 Å². The van der Waals surface area contributed by atoms with Crippen molar-refractivity contribution in [1.82, 2.24) is 5.32 Å². The second-order valence-corrected chi connectivity index (χ2v) is 7.46. The highest BCUT2D eigenvalue weighted by Crippen LogP contribution is 2.24. The van der Waals surface area contributed by atoms with Crippen LogP contribution in [-0.4, -0.2) is 17.6 Å². The van der Waals surface area contributed by atoms with Crippen molar-refractivity contribution < 1.29 is 4.79 Å². The largest absolute Gasteiger partial charge is 0.352 e. The van der Waals surface area contributed by atoms with Gasteiger partial charge in [-0.1, -0.05) is 60.7 Å². The van der Waals surface area contributed by atoms with E-state index in [0.29, 0.717) is 11.5 Å². The number of carbonyl (C=O) groups is 1. The normalized spacial score (nSPS) is 13.6. The number of thiocarbonyl (C=S) groups is 1. The zero-order valence-electron chi connectivity index (χ0n) is 16.0. The molecule has 4 rings (SSSR count). The average molecular weight is 402 g/mol. The maximum Gasteiger partial charge on any atom is 0.227 e. The average Bonchev–Trinajstić information content (AvgIpc) is 3.20. The molecule has 0 spiro atoms. The summed E-state index contributed by atoms with van der Waals surface area (Å²) in [6.45, 7) is 0.793. The minimum atomic E-state index is -0.0427. The molecule has 29 heavy (non-hydrogen) atoms. The van der Waals surface area contributed by atoms with E-state index in [1.165, 1.54) is 0 Å². The van der Waals surface area contributed by atoms with Gasteiger partial charge in [-0.05, 0) is 54.0 Å². The minimum absolute atomic E-state index is 0.0427. The van der Waals surface area contributed by atoms with Crippen molar-refractivity contribution >= 4 is 34.6 Å². The van der Waals surface area contributed by atoms with E-state index < -0.39 is 0 Å². The number of benzene rings is 3. The molecule has 0 saturated carbocycles. The van der Waals surface area contributed by atoms with Crippen LogP contribution in [0.2, 0.25) is 0 Å². The fraction of sp³-hybridized carbons (Fsp3) is 0.167. The van der Waals surface area contributed by atoms with Crippen LogP contribution in [0, 0.1) is 0 Å². The van der Waals surface area contributed by atoms with E-state index in [-0.39, 0.29) is 11.9 Å². The van der Waals surface area contributed by atoms with Gasteiger partial charge in [-0.2, -0.15) is 0 Å². The lowest BCUT2D eigenvalue weighted by atomic mass is 9.99. The molecule has 146 valence electrons. The van der Waals surface area contributed by atoms with Crippen LogP contribution in [0.25, 0.3) is 0 Å². The van der Waals surface area contributed by atoms with Crippen LogP contribution < -0.4 is 15.5 Å². The molecular weight excluding hydrogens is 378 g/mol. The topological polar surface area (TPSA) is 44.4 Å². The van der Waals surface area contributed by atoms with Gasteiger partial charge in [0.1, 0.15) is 0 Å². The van der Waals surface area contributed by atoms with Crippen LogP contribution in [0.3, 0.4) is 0 Å². The highest BCUT2D eigenvalue weighted by molar-refractivity contribution is 7.80. The summed E-state index contributed by atoms with van der Waals surface area (Å²) in [4.78, 5) is 13.7. The summed E-state index contributed by atoms with van der Waals surface area (Å²) in [6, 6.07) is 28.3. The number of hydrogen-bond donors (Lipinski definition) is 2. The third-order valence-corrected chi connectivity index (χ3v) is 5.27. The van der Waals surface area contributed by atoms with E-state index in [1.807, 2.05) is 65.6 Å². The first-order valence-electron chi connectivity index (χ1n) is 9.78. The molecule has 0 radical (unpaired) electrons. The molecule has 1 fully saturated rings. The Kier molecular flexibility index (Phi) is 5.86. The van der Waals surface area contributed by atoms with Gasteiger partial charge >= 0.3 is 0 Å². The van der Waals surface area contributed by atoms with E-state index in [0.717, 1.165) is 35.5 Å². The van der Waals surface area contributed by atoms with Crippen molar-refractivity contribution in [3.05, 3.63) is 96.1 Å². The molecule has 1 saturated heterocycles. The standard InChI is InChI=1S/C24H23N3OS/c28-22-12-7-17-27(22)21-15-13-20(14-16-21)25-24(29)26-23(18-8-3-1-4-9-18)19-10-5-2-6-11-19/h1-6,8-11,13-16,23H,7,12,17H2,(H2,25,26,29). The molecule has 4 nitrogen and oxygen atoms in total. The van der Waals surface area contributed by atoms with Gasteiger partial charge in [0.05, 0.1) is 6.04 Å². The van der Waals surface area contributed by atoms with Crippen molar-refractivity contribution in [1.29, 1.82) is 0 Å². The number of carbonyl (C=O) groups excluding carboxylic acids is 1. The SMILES string of the molecule is O=C1CCCN1c1ccc(NC(=S)NC(c2ccccc2)c2ccccc2)cc1. The summed E-state index contributed by atoms with van der Waals surface area (Å²) < 4.78 is 0. The Hall–Kier alpha value is -3.18. The van der Waals surface area contributed by atoms with Gasteiger partial charge < -0.3 is 15.5 Å². The fourth-order valence-corrected chi connectivity index (χ4v) is 3.83. The third-order valence-electron chi connectivity index (χ3n) is 5.05. The van der Waals surface area contributed by atoms with Crippen LogP contribution in [0.15, 0.2) is 84.9 Å². The van der Waals surface area contributed by atoms with Gasteiger partial charge in [0.25, 0.3) is 0 Å². The van der Waals surface area contributed by atoms with Crippen molar-refractivity contribution in [3.8, 4) is 0 Å². The van der Waals surface area contributed by atoms with Crippen LogP contribution in [0.4, 0.5) is 11.4 Å². The van der Waals surface area contributed by atoms with Crippen LogP contribution >= 0.6 is 12.2 Å². The first-order valence-corrected chi connectivity index (χ1v) is 10.2. The Balaban J connectivity index is 1.46. The van der Waals surface area contributed by atoms with Gasteiger partial charge in [0.2, 0.25) is 5.91 Å². The van der Waals surface area contributed by atoms with Gasteiger partial charge in [-0.3, -0.25) is 4.79 Å². The van der Waals surface area contributed by atoms with E-state index in [4.69, 9.17) is 12.2 Å². The summed E-state index contributed by atoms with van der Waals surface area (Å²) in [5.74, 6) is 0.191. The van der Waals surface area contributed by atoms with Crippen molar-refractivity contribution in [2.24, 2.45) is 0 Å². The molecule has 3 aromatic rings. The number of hydrogen-bond acceptors (Lipinski definition) is 2. The lowest BCUT2D eigenvalue weighted by molar-refractivity contribution is -0.117. The number of nitrogens with zero attached hydrogens (tertiary/aromatic N) is 1. The third kappa shape index (κ3) is 4.63. The molecule has 1 amide bonds. The maximum absolute atomic E-state index is 11.9. The Morgan fingerprint density at radius 1 is 0.862 bits per heavy atom. The van der Waals surface area contributed by atoms with E-state index in [9.17, 15) is 4.79 Å². The molecule has 0 bridgehead atoms. The quantitative estimate of drug-likeness (QED) is 0.598. The molecule has 0 unspecified atom stereocenters. The first kappa shape index (κ1) is 19.2. The first-order chi connectivity index (χ1) is 14.2. The monoisotopic (exact) mass is 401 g/mol. The summed E-state index contributed by atoms with van der Waals surface area (Å²) >= 11 is 5.58. The number of anilines is 2. The summed E-state index contributed by atoms with van der Waals surface area (Å²) in [6.07, 6.45) is 1.56. The zero-order valence-corrected chi connectivity index (χ0v) is 16.9. The Morgan fingerprint density at radius 2 is 1.45 bits per heavy atom. The minimum Gasteiger partial charge on any atom is -0.352 e. The Morgan fingerprint density at radius 3 is 1.97 bits per heavy atom. The fourth-order valence-electron chi connectivity index (χ4n) is 3.59. The predicted molar refractivity (Wildman–Crippen MR) is 122 cm³/mol. The zero-order chi connectivity index (χ0) is 20.1. The van der Waals surface area contributed by atoms with Crippen molar-refractivity contribution in [2.45, 2.75) is 18.9 Å². The van der Waals surface area contributed by atoms with Crippen LogP contribution in [0.1, 0.15) is 30.0 Å². The second kappa shape index (κ2) is 8.88. The lowest BCUT2D eigenvalue weighted by Crippen LogP contribution is -2.33. The number of rotatable bonds is 5. The molecule has 0 aromatic heterocycles. The molecule has 1 heterocycles. The maximum atomic E-state index is 11.9. The Labute approximate surface area is 176 Å². The lowest BCUT2D eigenvalue weighted by Gasteiger charge is -2.22. The molecule has 0 aliphatic carbocycles. The van der Waals surface area contributed by atoms with E-state index in [1.54, 1.807) is 0 Å². The number of amides is 1. The van der Waals surface area contributed by atoms with Crippen LogP contribution in [0.5, 0.6) is 0 Å². The van der Waals surface area contributed by atoms with Crippen molar-refractivity contribution in [2.75, 3.05) is 16.8 Å². The predicted octanol–water partition coefficient (Wildman–Crippen LogP) is 4.89. The molecule has 1 aliphatic rings. The molecule has 5 heteroatoms. The Bertz CT molecular complexity index is 935. The molecule has 0 atom stereocenters. The molecule has 1 aliphatic heterocycles. The van der Waals surface area contributed by atoms with Gasteiger partial charge in [-0.25, -0.2) is 0 Å². The smallest absolute Gasteiger partial charge is 0.227 e. The van der Waals surface area contributed by atoms with E-state index >= 15 is 0 Å². The van der Waals surface area contributed by atoms with Gasteiger partial charge in [0, 0.05) is 24.3 Å². The highest BCUT2D eigenvalue weighted by Gasteiger charge is 2.21. The second-order valence-electron chi connectivity index (χ2n) is 7.05. The van der Waals surface area contributed by atoms with Gasteiger partial charge in [-0.15, -0.1) is 0 Å². The summed E-state index contributed by atoms with van der Waals surface area (Å²) in [5.41, 5.74) is 4.11. The van der Waals surface area contributed by atoms with Gasteiger partial charge in [0.15, 0.2) is 5.11 Å². The highest BCUT2D eigenvalue weighted by atomic mass is 32.1. The summed E-state index contributed by atoms with van der Waals surface area (Å²) in [7, 11) is 0. The summed E-state index contributed by atoms with van der Waals surface area (Å²) in [5, 5.41) is 7.24. The van der Waals surface area contributed by atoms with Crippen LogP contribution in [-0.2, 0) is 4.79 Å². The molecule has 2 N–H and O–H groups in total. The molecular formula is C24H23N3OS.